The minimum Gasteiger partial charge on any atom is -0.454 e. The summed E-state index contributed by atoms with van der Waals surface area (Å²) in [5.41, 5.74) is 1.06. The van der Waals surface area contributed by atoms with Gasteiger partial charge >= 0.3 is 0 Å². The molecule has 1 N–H and O–H groups in total. The standard InChI is InChI=1S/C13H16N2O3/c1-15(13(16)10-5-14-6-10)7-9-2-3-11-12(4-9)18-8-17-11/h2-4,10,14H,5-8H2,1H3. The van der Waals surface area contributed by atoms with E-state index in [4.69, 9.17) is 9.47 Å². The van der Waals surface area contributed by atoms with Gasteiger partial charge in [-0.2, -0.15) is 0 Å². The lowest BCUT2D eigenvalue weighted by atomic mass is 10.0. The van der Waals surface area contributed by atoms with Crippen molar-refractivity contribution in [2.75, 3.05) is 26.9 Å². The molecule has 0 unspecified atom stereocenters. The van der Waals surface area contributed by atoms with Gasteiger partial charge in [-0.1, -0.05) is 6.07 Å². The molecule has 0 aliphatic carbocycles. The molecule has 0 spiro atoms. The fourth-order valence-electron chi connectivity index (χ4n) is 2.17. The van der Waals surface area contributed by atoms with Crippen LogP contribution >= 0.6 is 0 Å². The second-order valence-electron chi connectivity index (χ2n) is 4.74. The van der Waals surface area contributed by atoms with Crippen LogP contribution in [0.4, 0.5) is 0 Å². The van der Waals surface area contributed by atoms with Crippen LogP contribution in [-0.4, -0.2) is 37.7 Å². The van der Waals surface area contributed by atoms with Gasteiger partial charge in [-0.25, -0.2) is 0 Å². The van der Waals surface area contributed by atoms with E-state index < -0.39 is 0 Å². The third kappa shape index (κ3) is 2.01. The number of ether oxygens (including phenoxy) is 2. The monoisotopic (exact) mass is 248 g/mol. The molecule has 0 saturated carbocycles. The predicted octanol–water partition coefficient (Wildman–Crippen LogP) is 0.593. The van der Waals surface area contributed by atoms with Crippen LogP contribution in [0.1, 0.15) is 5.56 Å². The maximum absolute atomic E-state index is 12.0. The van der Waals surface area contributed by atoms with Crippen LogP contribution in [0, 0.1) is 5.92 Å². The summed E-state index contributed by atoms with van der Waals surface area (Å²) in [5, 5.41) is 3.11. The normalized spacial score (nSPS) is 17.4. The summed E-state index contributed by atoms with van der Waals surface area (Å²) < 4.78 is 10.6. The molecule has 2 aliphatic rings. The Morgan fingerprint density at radius 1 is 1.39 bits per heavy atom. The molecule has 5 nitrogen and oxygen atoms in total. The topological polar surface area (TPSA) is 50.8 Å². The molecule has 0 radical (unpaired) electrons. The second kappa shape index (κ2) is 4.49. The van der Waals surface area contributed by atoms with Crippen molar-refractivity contribution in [3.63, 3.8) is 0 Å². The number of carbonyl (C=O) groups excluding carboxylic acids is 1. The lowest BCUT2D eigenvalue weighted by Crippen LogP contribution is -2.50. The van der Waals surface area contributed by atoms with Crippen molar-refractivity contribution in [3.05, 3.63) is 23.8 Å². The van der Waals surface area contributed by atoms with Gasteiger partial charge < -0.3 is 19.7 Å². The molecule has 0 atom stereocenters. The molecule has 2 aliphatic heterocycles. The van der Waals surface area contributed by atoms with Crippen LogP contribution in [0.3, 0.4) is 0 Å². The highest BCUT2D eigenvalue weighted by atomic mass is 16.7. The molecule has 1 amide bonds. The van der Waals surface area contributed by atoms with Crippen molar-refractivity contribution in [2.24, 2.45) is 5.92 Å². The fraction of sp³-hybridized carbons (Fsp3) is 0.462. The van der Waals surface area contributed by atoms with Crippen molar-refractivity contribution in [2.45, 2.75) is 6.54 Å². The minimum absolute atomic E-state index is 0.143. The Balaban J connectivity index is 1.66. The molecule has 2 heterocycles. The Morgan fingerprint density at radius 2 is 2.17 bits per heavy atom. The Hall–Kier alpha value is -1.75. The summed E-state index contributed by atoms with van der Waals surface area (Å²) in [4.78, 5) is 13.8. The van der Waals surface area contributed by atoms with E-state index in [9.17, 15) is 4.79 Å². The first-order chi connectivity index (χ1) is 8.74. The lowest BCUT2D eigenvalue weighted by molar-refractivity contribution is -0.136. The summed E-state index contributed by atoms with van der Waals surface area (Å²) in [6.07, 6.45) is 0. The third-order valence-electron chi connectivity index (χ3n) is 3.36. The Labute approximate surface area is 106 Å². The molecule has 0 bridgehead atoms. The van der Waals surface area contributed by atoms with E-state index in [0.29, 0.717) is 6.54 Å². The van der Waals surface area contributed by atoms with Crippen LogP contribution in [0.25, 0.3) is 0 Å². The SMILES string of the molecule is CN(Cc1ccc2c(c1)OCO2)C(=O)C1CNC1. The Morgan fingerprint density at radius 3 is 2.89 bits per heavy atom. The number of benzene rings is 1. The average Bonchev–Trinajstić information content (AvgIpc) is 2.73. The lowest BCUT2D eigenvalue weighted by Gasteiger charge is -2.30. The molecule has 96 valence electrons. The highest BCUT2D eigenvalue weighted by Crippen LogP contribution is 2.32. The van der Waals surface area contributed by atoms with Crippen molar-refractivity contribution in [3.8, 4) is 11.5 Å². The van der Waals surface area contributed by atoms with Gasteiger partial charge in [0.15, 0.2) is 11.5 Å². The molecule has 3 rings (SSSR count). The number of fused-ring (bicyclic) bond motifs is 1. The number of hydrogen-bond acceptors (Lipinski definition) is 4. The minimum atomic E-state index is 0.143. The predicted molar refractivity (Wildman–Crippen MR) is 65.4 cm³/mol. The average molecular weight is 248 g/mol. The van der Waals surface area contributed by atoms with E-state index in [1.165, 1.54) is 0 Å². The van der Waals surface area contributed by atoms with Gasteiger partial charge in [-0.15, -0.1) is 0 Å². The maximum Gasteiger partial charge on any atom is 0.231 e. The van der Waals surface area contributed by atoms with Gasteiger partial charge in [0.2, 0.25) is 12.7 Å². The quantitative estimate of drug-likeness (QED) is 0.850. The zero-order chi connectivity index (χ0) is 12.5. The molecule has 0 aromatic heterocycles. The number of amides is 1. The van der Waals surface area contributed by atoms with Crippen molar-refractivity contribution < 1.29 is 14.3 Å². The number of carbonyl (C=O) groups is 1. The molecule has 5 heteroatoms. The summed E-state index contributed by atoms with van der Waals surface area (Å²) in [7, 11) is 1.84. The number of rotatable bonds is 3. The van der Waals surface area contributed by atoms with Gasteiger partial charge in [0, 0.05) is 26.7 Å². The zero-order valence-electron chi connectivity index (χ0n) is 10.3. The van der Waals surface area contributed by atoms with Gasteiger partial charge in [0.1, 0.15) is 0 Å². The van der Waals surface area contributed by atoms with Crippen molar-refractivity contribution >= 4 is 5.91 Å². The summed E-state index contributed by atoms with van der Waals surface area (Å²) in [6, 6.07) is 5.79. The first kappa shape index (κ1) is 11.3. The number of hydrogen-bond donors (Lipinski definition) is 1. The Bertz CT molecular complexity index is 471. The van der Waals surface area contributed by atoms with Crippen molar-refractivity contribution in [1.82, 2.24) is 10.2 Å². The molecule has 1 aromatic carbocycles. The van der Waals surface area contributed by atoms with E-state index in [-0.39, 0.29) is 18.6 Å². The van der Waals surface area contributed by atoms with Crippen LogP contribution in [0.15, 0.2) is 18.2 Å². The summed E-state index contributed by atoms with van der Waals surface area (Å²) in [5.74, 6) is 1.88. The molecule has 18 heavy (non-hydrogen) atoms. The number of nitrogens with zero attached hydrogens (tertiary/aromatic N) is 1. The zero-order valence-corrected chi connectivity index (χ0v) is 10.3. The van der Waals surface area contributed by atoms with Crippen LogP contribution in [0.2, 0.25) is 0 Å². The fourth-order valence-corrected chi connectivity index (χ4v) is 2.17. The highest BCUT2D eigenvalue weighted by molar-refractivity contribution is 5.80. The van der Waals surface area contributed by atoms with Crippen molar-refractivity contribution in [1.29, 1.82) is 0 Å². The van der Waals surface area contributed by atoms with E-state index in [2.05, 4.69) is 5.32 Å². The van der Waals surface area contributed by atoms with E-state index in [0.717, 1.165) is 30.2 Å². The molecular formula is C13H16N2O3. The van der Waals surface area contributed by atoms with Gasteiger partial charge in [0.25, 0.3) is 0 Å². The van der Waals surface area contributed by atoms with Crippen LogP contribution < -0.4 is 14.8 Å². The second-order valence-corrected chi connectivity index (χ2v) is 4.74. The summed E-state index contributed by atoms with van der Waals surface area (Å²) in [6.45, 7) is 2.47. The van der Waals surface area contributed by atoms with Gasteiger partial charge in [-0.3, -0.25) is 4.79 Å². The molecule has 1 saturated heterocycles. The van der Waals surface area contributed by atoms with Crippen LogP contribution in [-0.2, 0) is 11.3 Å². The summed E-state index contributed by atoms with van der Waals surface area (Å²) >= 11 is 0. The molecule has 1 fully saturated rings. The molecule has 1 aromatic rings. The maximum atomic E-state index is 12.0. The Kier molecular flexibility index (Phi) is 2.83. The van der Waals surface area contributed by atoms with E-state index in [1.807, 2.05) is 25.2 Å². The molecular weight excluding hydrogens is 232 g/mol. The first-order valence-electron chi connectivity index (χ1n) is 6.08. The largest absolute Gasteiger partial charge is 0.454 e. The van der Waals surface area contributed by atoms with Crippen LogP contribution in [0.5, 0.6) is 11.5 Å². The number of nitrogens with one attached hydrogen (secondary N) is 1. The van der Waals surface area contributed by atoms with Gasteiger partial charge in [-0.05, 0) is 17.7 Å². The van der Waals surface area contributed by atoms with Gasteiger partial charge in [0.05, 0.1) is 5.92 Å². The first-order valence-corrected chi connectivity index (χ1v) is 6.08. The smallest absolute Gasteiger partial charge is 0.231 e. The van der Waals surface area contributed by atoms with E-state index >= 15 is 0 Å². The van der Waals surface area contributed by atoms with E-state index in [1.54, 1.807) is 4.90 Å². The third-order valence-corrected chi connectivity index (χ3v) is 3.36. The highest BCUT2D eigenvalue weighted by Gasteiger charge is 2.27.